The molecule has 0 radical (unpaired) electrons. The molecule has 1 heterocycles. The highest BCUT2D eigenvalue weighted by Crippen LogP contribution is 2.43. The molecule has 0 aromatic heterocycles. The summed E-state index contributed by atoms with van der Waals surface area (Å²) in [5, 5.41) is -0.0665. The van der Waals surface area contributed by atoms with Gasteiger partial charge in [0.05, 0.1) is 5.25 Å². The Morgan fingerprint density at radius 2 is 1.79 bits per heavy atom. The largest absolute Gasteiger partial charge is 0.349 e. The number of carbonyl (C=O) groups excluding carboxylic acids is 2. The Hall–Kier alpha value is -1.49. The molecule has 0 bridgehead atoms. The van der Waals surface area contributed by atoms with Crippen LogP contribution in [0.2, 0.25) is 0 Å². The van der Waals surface area contributed by atoms with Gasteiger partial charge in [-0.2, -0.15) is 0 Å². The van der Waals surface area contributed by atoms with Gasteiger partial charge in [-0.25, -0.2) is 0 Å². The molecule has 0 saturated carbocycles. The summed E-state index contributed by atoms with van der Waals surface area (Å²) in [5.41, 5.74) is 2.52. The second-order valence-corrected chi connectivity index (χ2v) is 9.00. The summed E-state index contributed by atoms with van der Waals surface area (Å²) < 4.78 is 0. The van der Waals surface area contributed by atoms with E-state index < -0.39 is 0 Å². The van der Waals surface area contributed by atoms with Gasteiger partial charge in [0.25, 0.3) is 0 Å². The van der Waals surface area contributed by atoms with Crippen molar-refractivity contribution in [3.05, 3.63) is 35.4 Å². The van der Waals surface area contributed by atoms with Crippen LogP contribution in [0.5, 0.6) is 0 Å². The van der Waals surface area contributed by atoms with E-state index in [-0.39, 0.29) is 27.9 Å². The molecule has 2 atom stereocenters. The third-order valence-electron chi connectivity index (χ3n) is 4.37. The Balaban J connectivity index is 2.17. The molecule has 0 N–H and O–H groups in total. The van der Waals surface area contributed by atoms with E-state index in [1.54, 1.807) is 30.8 Å². The van der Waals surface area contributed by atoms with Crippen molar-refractivity contribution in [2.24, 2.45) is 0 Å². The van der Waals surface area contributed by atoms with Crippen LogP contribution in [0.1, 0.15) is 50.6 Å². The molecule has 1 fully saturated rings. The van der Waals surface area contributed by atoms with Gasteiger partial charge in [-0.3, -0.25) is 9.59 Å². The molecule has 2 rings (SSSR count). The summed E-state index contributed by atoms with van der Waals surface area (Å²) in [6.45, 7) is 8.99. The summed E-state index contributed by atoms with van der Waals surface area (Å²) in [5.74, 6) is 0.172. The molecule has 1 saturated heterocycles. The third kappa shape index (κ3) is 4.12. The van der Waals surface area contributed by atoms with Crippen molar-refractivity contribution in [3.8, 4) is 0 Å². The SMILES string of the molecule is CC1SC(c2ccc(C(C)(C)C)cc2)N(CCC(=O)N(C)C)C1=O. The highest BCUT2D eigenvalue weighted by molar-refractivity contribution is 8.01. The van der Waals surface area contributed by atoms with E-state index in [1.807, 2.05) is 11.8 Å². The molecule has 0 aliphatic carbocycles. The molecule has 1 aliphatic rings. The lowest BCUT2D eigenvalue weighted by molar-refractivity contribution is -0.132. The molecule has 0 spiro atoms. The standard InChI is InChI=1S/C19H28N2O2S/c1-13-17(23)21(12-11-16(22)20(5)6)18(24-13)14-7-9-15(10-8-14)19(2,3)4/h7-10,13,18H,11-12H2,1-6H3. The molecule has 1 aromatic carbocycles. The van der Waals surface area contributed by atoms with Crippen LogP contribution in [-0.2, 0) is 15.0 Å². The van der Waals surface area contributed by atoms with E-state index in [2.05, 4.69) is 45.0 Å². The van der Waals surface area contributed by atoms with Crippen molar-refractivity contribution in [2.45, 2.75) is 50.2 Å². The topological polar surface area (TPSA) is 40.6 Å². The molecule has 132 valence electrons. The predicted molar refractivity (Wildman–Crippen MR) is 100.0 cm³/mol. The molecule has 4 nitrogen and oxygen atoms in total. The van der Waals surface area contributed by atoms with Crippen molar-refractivity contribution in [2.75, 3.05) is 20.6 Å². The number of nitrogens with zero attached hydrogens (tertiary/aromatic N) is 2. The van der Waals surface area contributed by atoms with E-state index in [0.29, 0.717) is 13.0 Å². The van der Waals surface area contributed by atoms with Crippen molar-refractivity contribution in [3.63, 3.8) is 0 Å². The molecule has 1 aromatic rings. The Labute approximate surface area is 149 Å². The first-order valence-corrected chi connectivity index (χ1v) is 9.32. The molecule has 2 amide bonds. The van der Waals surface area contributed by atoms with E-state index in [9.17, 15) is 9.59 Å². The van der Waals surface area contributed by atoms with Crippen LogP contribution in [-0.4, -0.2) is 47.5 Å². The fraction of sp³-hybridized carbons (Fsp3) is 0.579. The van der Waals surface area contributed by atoms with Gasteiger partial charge in [0.2, 0.25) is 11.8 Å². The third-order valence-corrected chi connectivity index (χ3v) is 5.77. The van der Waals surface area contributed by atoms with E-state index >= 15 is 0 Å². The average molecular weight is 349 g/mol. The molecule has 5 heteroatoms. The molecule has 2 unspecified atom stereocenters. The van der Waals surface area contributed by atoms with Crippen molar-refractivity contribution in [1.82, 2.24) is 9.80 Å². The first kappa shape index (κ1) is 18.8. The quantitative estimate of drug-likeness (QED) is 0.837. The summed E-state index contributed by atoms with van der Waals surface area (Å²) in [6, 6.07) is 8.52. The van der Waals surface area contributed by atoms with Crippen LogP contribution in [0, 0.1) is 0 Å². The Morgan fingerprint density at radius 1 is 1.21 bits per heavy atom. The van der Waals surface area contributed by atoms with Gasteiger partial charge in [-0.1, -0.05) is 45.0 Å². The highest BCUT2D eigenvalue weighted by Gasteiger charge is 2.38. The number of thioether (sulfide) groups is 1. The number of amides is 2. The van der Waals surface area contributed by atoms with Crippen LogP contribution in [0.25, 0.3) is 0 Å². The van der Waals surface area contributed by atoms with Crippen LogP contribution >= 0.6 is 11.8 Å². The molecule has 24 heavy (non-hydrogen) atoms. The highest BCUT2D eigenvalue weighted by atomic mass is 32.2. The van der Waals surface area contributed by atoms with Crippen molar-refractivity contribution >= 4 is 23.6 Å². The minimum Gasteiger partial charge on any atom is -0.349 e. The van der Waals surface area contributed by atoms with Gasteiger partial charge in [-0.15, -0.1) is 11.8 Å². The predicted octanol–water partition coefficient (Wildman–Crippen LogP) is 3.42. The number of carbonyl (C=O) groups is 2. The smallest absolute Gasteiger partial charge is 0.236 e. The monoisotopic (exact) mass is 348 g/mol. The second-order valence-electron chi connectivity index (χ2n) is 7.57. The van der Waals surface area contributed by atoms with E-state index in [4.69, 9.17) is 0 Å². The van der Waals surface area contributed by atoms with Gasteiger partial charge in [-0.05, 0) is 23.5 Å². The number of hydrogen-bond acceptors (Lipinski definition) is 3. The van der Waals surface area contributed by atoms with Crippen LogP contribution in [0.3, 0.4) is 0 Å². The molecular weight excluding hydrogens is 320 g/mol. The molecule has 1 aliphatic heterocycles. The minimum atomic E-state index is -0.0632. The zero-order chi connectivity index (χ0) is 18.1. The van der Waals surface area contributed by atoms with Crippen molar-refractivity contribution in [1.29, 1.82) is 0 Å². The van der Waals surface area contributed by atoms with Gasteiger partial charge in [0.15, 0.2) is 0 Å². The number of rotatable bonds is 4. The lowest BCUT2D eigenvalue weighted by Gasteiger charge is -2.26. The fourth-order valence-corrected chi connectivity index (χ4v) is 4.06. The number of hydrogen-bond donors (Lipinski definition) is 0. The maximum absolute atomic E-state index is 12.5. The lowest BCUT2D eigenvalue weighted by Crippen LogP contribution is -2.34. The second kappa shape index (κ2) is 7.18. The minimum absolute atomic E-state index is 0.00326. The van der Waals surface area contributed by atoms with Crippen LogP contribution in [0.4, 0.5) is 0 Å². The zero-order valence-corrected chi connectivity index (χ0v) is 16.3. The van der Waals surface area contributed by atoms with Crippen LogP contribution < -0.4 is 0 Å². The average Bonchev–Trinajstić information content (AvgIpc) is 2.79. The van der Waals surface area contributed by atoms with Crippen LogP contribution in [0.15, 0.2) is 24.3 Å². The fourth-order valence-electron chi connectivity index (χ4n) is 2.75. The summed E-state index contributed by atoms with van der Waals surface area (Å²) in [4.78, 5) is 27.8. The Kier molecular flexibility index (Phi) is 5.63. The maximum atomic E-state index is 12.5. The summed E-state index contributed by atoms with van der Waals surface area (Å²) in [6.07, 6.45) is 0.364. The van der Waals surface area contributed by atoms with Crippen molar-refractivity contribution < 1.29 is 9.59 Å². The first-order valence-electron chi connectivity index (χ1n) is 8.38. The maximum Gasteiger partial charge on any atom is 0.236 e. The normalized spacial score (nSPS) is 21.2. The molecular formula is C19H28N2O2S. The Bertz CT molecular complexity index is 605. The van der Waals surface area contributed by atoms with Gasteiger partial charge in [0.1, 0.15) is 5.37 Å². The van der Waals surface area contributed by atoms with E-state index in [0.717, 1.165) is 5.56 Å². The summed E-state index contributed by atoms with van der Waals surface area (Å²) in [7, 11) is 3.49. The number of benzene rings is 1. The van der Waals surface area contributed by atoms with Gasteiger partial charge in [0, 0.05) is 27.1 Å². The van der Waals surface area contributed by atoms with Gasteiger partial charge >= 0.3 is 0 Å². The van der Waals surface area contributed by atoms with E-state index in [1.165, 1.54) is 5.56 Å². The lowest BCUT2D eigenvalue weighted by atomic mass is 9.86. The van der Waals surface area contributed by atoms with Gasteiger partial charge < -0.3 is 9.80 Å². The zero-order valence-electron chi connectivity index (χ0n) is 15.5. The summed E-state index contributed by atoms with van der Waals surface area (Å²) >= 11 is 1.66. The first-order chi connectivity index (χ1) is 11.1. The Morgan fingerprint density at radius 3 is 2.29 bits per heavy atom.